The lowest BCUT2D eigenvalue weighted by Gasteiger charge is -1.99. The molecule has 0 radical (unpaired) electrons. The second-order valence-electron chi connectivity index (χ2n) is 4.09. The average Bonchev–Trinajstić information content (AvgIpc) is 2.97. The Labute approximate surface area is 112 Å². The number of carboxylic acid groups (broad SMARTS) is 1. The van der Waals surface area contributed by atoms with E-state index in [1.807, 2.05) is 19.2 Å². The first-order valence-electron chi connectivity index (χ1n) is 5.62. The Morgan fingerprint density at radius 2 is 2.32 bits per heavy atom. The van der Waals surface area contributed by atoms with Crippen LogP contribution in [0.4, 0.5) is 0 Å². The molecule has 6 nitrogen and oxygen atoms in total. The Morgan fingerprint density at radius 1 is 1.47 bits per heavy atom. The van der Waals surface area contributed by atoms with E-state index in [4.69, 9.17) is 5.11 Å². The molecular weight excluding hydrogens is 264 g/mol. The molecule has 2 aromatic heterocycles. The normalized spacial score (nSPS) is 11.0. The van der Waals surface area contributed by atoms with Crippen molar-refractivity contribution in [1.29, 1.82) is 0 Å². The number of carboxylic acids is 1. The number of nitrogens with zero attached hydrogens (tertiary/aromatic N) is 4. The molecule has 0 aliphatic heterocycles. The molecule has 3 aromatic rings. The fourth-order valence-corrected chi connectivity index (χ4v) is 2.65. The van der Waals surface area contributed by atoms with Crippen LogP contribution in [0.2, 0.25) is 0 Å². The van der Waals surface area contributed by atoms with Crippen LogP contribution in [0.3, 0.4) is 0 Å². The standard InChI is InChI=1S/C12H10N4O2S/c1-7-5-13-10(19-7)6-16-9-4-2-3-8(12(17)18)11(9)14-15-16/h2-5H,6H2,1H3,(H,17,18). The van der Waals surface area contributed by atoms with Crippen molar-refractivity contribution in [2.45, 2.75) is 13.5 Å². The van der Waals surface area contributed by atoms with Gasteiger partial charge in [0.15, 0.2) is 0 Å². The van der Waals surface area contributed by atoms with Gasteiger partial charge in [0.25, 0.3) is 0 Å². The van der Waals surface area contributed by atoms with Crippen LogP contribution in [0.5, 0.6) is 0 Å². The lowest BCUT2D eigenvalue weighted by atomic mass is 10.2. The van der Waals surface area contributed by atoms with Gasteiger partial charge in [0, 0.05) is 11.1 Å². The van der Waals surface area contributed by atoms with Crippen LogP contribution in [-0.2, 0) is 6.54 Å². The lowest BCUT2D eigenvalue weighted by Crippen LogP contribution is -2.01. The van der Waals surface area contributed by atoms with E-state index in [9.17, 15) is 4.79 Å². The number of aryl methyl sites for hydroxylation is 1. The van der Waals surface area contributed by atoms with Gasteiger partial charge >= 0.3 is 5.97 Å². The molecular formula is C12H10N4O2S. The van der Waals surface area contributed by atoms with E-state index in [1.54, 1.807) is 22.1 Å². The maximum Gasteiger partial charge on any atom is 0.338 e. The van der Waals surface area contributed by atoms with E-state index in [0.29, 0.717) is 17.6 Å². The minimum Gasteiger partial charge on any atom is -0.478 e. The summed E-state index contributed by atoms with van der Waals surface area (Å²) >= 11 is 1.59. The molecule has 0 unspecified atom stereocenters. The van der Waals surface area contributed by atoms with Crippen LogP contribution in [0.15, 0.2) is 24.4 Å². The van der Waals surface area contributed by atoms with Crippen molar-refractivity contribution in [3.63, 3.8) is 0 Å². The maximum absolute atomic E-state index is 11.1. The summed E-state index contributed by atoms with van der Waals surface area (Å²) in [6.07, 6.45) is 1.81. The number of rotatable bonds is 3. The molecule has 96 valence electrons. The second kappa shape index (κ2) is 4.43. The first-order valence-corrected chi connectivity index (χ1v) is 6.43. The van der Waals surface area contributed by atoms with Gasteiger partial charge < -0.3 is 5.11 Å². The van der Waals surface area contributed by atoms with Crippen molar-refractivity contribution in [3.05, 3.63) is 39.8 Å². The number of carbonyl (C=O) groups is 1. The highest BCUT2D eigenvalue weighted by Crippen LogP contribution is 2.18. The van der Waals surface area contributed by atoms with Crippen molar-refractivity contribution >= 4 is 28.3 Å². The van der Waals surface area contributed by atoms with Crippen molar-refractivity contribution in [2.24, 2.45) is 0 Å². The van der Waals surface area contributed by atoms with E-state index < -0.39 is 5.97 Å². The van der Waals surface area contributed by atoms with Gasteiger partial charge in [-0.2, -0.15) is 0 Å². The number of aromatic nitrogens is 4. The van der Waals surface area contributed by atoms with Crippen LogP contribution >= 0.6 is 11.3 Å². The molecule has 3 rings (SSSR count). The van der Waals surface area contributed by atoms with Crippen molar-refractivity contribution in [2.75, 3.05) is 0 Å². The molecule has 2 heterocycles. The summed E-state index contributed by atoms with van der Waals surface area (Å²) in [6.45, 7) is 2.49. The minimum atomic E-state index is -0.997. The van der Waals surface area contributed by atoms with Crippen molar-refractivity contribution in [1.82, 2.24) is 20.0 Å². The fourth-order valence-electron chi connectivity index (χ4n) is 1.88. The quantitative estimate of drug-likeness (QED) is 0.789. The Morgan fingerprint density at radius 3 is 3.00 bits per heavy atom. The number of hydrogen-bond acceptors (Lipinski definition) is 5. The van der Waals surface area contributed by atoms with Gasteiger partial charge in [-0.05, 0) is 19.1 Å². The van der Waals surface area contributed by atoms with Crippen LogP contribution in [0.1, 0.15) is 20.2 Å². The van der Waals surface area contributed by atoms with Gasteiger partial charge in [-0.25, -0.2) is 14.5 Å². The third kappa shape index (κ3) is 2.08. The van der Waals surface area contributed by atoms with Gasteiger partial charge in [-0.3, -0.25) is 0 Å². The molecule has 1 N–H and O–H groups in total. The topological polar surface area (TPSA) is 80.9 Å². The van der Waals surface area contributed by atoms with Gasteiger partial charge in [0.1, 0.15) is 10.5 Å². The smallest absolute Gasteiger partial charge is 0.338 e. The fraction of sp³-hybridized carbons (Fsp3) is 0.167. The molecule has 0 saturated carbocycles. The summed E-state index contributed by atoms with van der Waals surface area (Å²) in [6, 6.07) is 5.03. The molecule has 0 amide bonds. The van der Waals surface area contributed by atoms with Gasteiger partial charge in [-0.15, -0.1) is 16.4 Å². The summed E-state index contributed by atoms with van der Waals surface area (Å²) < 4.78 is 1.67. The van der Waals surface area contributed by atoms with Gasteiger partial charge in [-0.1, -0.05) is 11.3 Å². The first-order chi connectivity index (χ1) is 9.15. The summed E-state index contributed by atoms with van der Waals surface area (Å²) in [5.41, 5.74) is 1.27. The number of benzene rings is 1. The average molecular weight is 274 g/mol. The first kappa shape index (κ1) is 11.8. The zero-order valence-corrected chi connectivity index (χ0v) is 10.9. The summed E-state index contributed by atoms with van der Waals surface area (Å²) in [7, 11) is 0. The number of thiazole rings is 1. The number of hydrogen-bond donors (Lipinski definition) is 1. The van der Waals surface area contributed by atoms with Crippen LogP contribution in [0.25, 0.3) is 11.0 Å². The molecule has 0 spiro atoms. The Balaban J connectivity index is 2.06. The van der Waals surface area contributed by atoms with Crippen LogP contribution < -0.4 is 0 Å². The van der Waals surface area contributed by atoms with Crippen LogP contribution in [-0.4, -0.2) is 31.1 Å². The molecule has 0 saturated heterocycles. The molecule has 1 aromatic carbocycles. The molecule has 0 fully saturated rings. The Kier molecular flexibility index (Phi) is 2.75. The Bertz CT molecular complexity index is 762. The minimum absolute atomic E-state index is 0.166. The van der Waals surface area contributed by atoms with E-state index in [2.05, 4.69) is 15.3 Å². The SMILES string of the molecule is Cc1cnc(Cn2nnc3c(C(=O)O)cccc32)s1. The highest BCUT2D eigenvalue weighted by molar-refractivity contribution is 7.11. The number of aromatic carboxylic acids is 1. The molecule has 0 bridgehead atoms. The summed E-state index contributed by atoms with van der Waals surface area (Å²) in [5.74, 6) is -0.997. The molecule has 0 aliphatic rings. The van der Waals surface area contributed by atoms with E-state index in [-0.39, 0.29) is 5.56 Å². The summed E-state index contributed by atoms with van der Waals surface area (Å²) in [4.78, 5) is 16.5. The van der Waals surface area contributed by atoms with Crippen molar-refractivity contribution in [3.8, 4) is 0 Å². The highest BCUT2D eigenvalue weighted by Gasteiger charge is 2.14. The highest BCUT2D eigenvalue weighted by atomic mass is 32.1. The zero-order valence-electron chi connectivity index (χ0n) is 10.1. The predicted octanol–water partition coefficient (Wildman–Crippen LogP) is 1.94. The largest absolute Gasteiger partial charge is 0.478 e. The second-order valence-corrected chi connectivity index (χ2v) is 5.41. The van der Waals surface area contributed by atoms with E-state index in [1.165, 1.54) is 6.07 Å². The third-order valence-electron chi connectivity index (χ3n) is 2.73. The van der Waals surface area contributed by atoms with Crippen LogP contribution in [0, 0.1) is 6.92 Å². The molecule has 0 aliphatic carbocycles. The van der Waals surface area contributed by atoms with E-state index in [0.717, 1.165) is 9.88 Å². The van der Waals surface area contributed by atoms with Crippen molar-refractivity contribution < 1.29 is 9.90 Å². The monoisotopic (exact) mass is 274 g/mol. The molecule has 19 heavy (non-hydrogen) atoms. The van der Waals surface area contributed by atoms with Gasteiger partial charge in [0.05, 0.1) is 17.6 Å². The summed E-state index contributed by atoms with van der Waals surface area (Å²) in [5, 5.41) is 18.0. The van der Waals surface area contributed by atoms with Gasteiger partial charge in [0.2, 0.25) is 0 Å². The maximum atomic E-state index is 11.1. The zero-order chi connectivity index (χ0) is 13.4. The lowest BCUT2D eigenvalue weighted by molar-refractivity contribution is 0.0699. The number of fused-ring (bicyclic) bond motifs is 1. The van der Waals surface area contributed by atoms with E-state index >= 15 is 0 Å². The molecule has 7 heteroatoms. The Hall–Kier alpha value is -2.28. The third-order valence-corrected chi connectivity index (χ3v) is 3.63. The molecule has 0 atom stereocenters. The predicted molar refractivity (Wildman–Crippen MR) is 70.4 cm³/mol.